The first-order chi connectivity index (χ1) is 20.0. The SMILES string of the molecule is COc1ccc(F)cc1[C@H](Cn1c(=O)n([C@]2(C)CCC(=O)N(C)C2=O)c(=O)c2c(C)c(-n3nccn3)sc21)OCCO. The van der Waals surface area contributed by atoms with E-state index in [2.05, 4.69) is 10.2 Å². The van der Waals surface area contributed by atoms with Crippen LogP contribution in [0, 0.1) is 12.7 Å². The van der Waals surface area contributed by atoms with Gasteiger partial charge in [0.05, 0.1) is 44.6 Å². The average molecular weight is 601 g/mol. The molecule has 0 radical (unpaired) electrons. The van der Waals surface area contributed by atoms with Crippen LogP contribution < -0.4 is 16.0 Å². The lowest BCUT2D eigenvalue weighted by atomic mass is 9.89. The Hall–Kier alpha value is -4.21. The van der Waals surface area contributed by atoms with Crippen LogP contribution in [-0.4, -0.2) is 73.3 Å². The van der Waals surface area contributed by atoms with Gasteiger partial charge < -0.3 is 14.6 Å². The molecule has 15 heteroatoms. The highest BCUT2D eigenvalue weighted by Gasteiger charge is 2.46. The number of hydrogen-bond acceptors (Lipinski definition) is 10. The summed E-state index contributed by atoms with van der Waals surface area (Å²) < 4.78 is 27.9. The second kappa shape index (κ2) is 11.2. The van der Waals surface area contributed by atoms with Gasteiger partial charge in [-0.2, -0.15) is 10.2 Å². The highest BCUT2D eigenvalue weighted by Crippen LogP contribution is 2.35. The number of carbonyl (C=O) groups is 2. The molecule has 1 aromatic carbocycles. The Bertz CT molecular complexity index is 1800. The zero-order valence-corrected chi connectivity index (χ0v) is 24.2. The van der Waals surface area contributed by atoms with E-state index in [0.717, 1.165) is 20.8 Å². The van der Waals surface area contributed by atoms with E-state index in [0.29, 0.717) is 10.6 Å². The summed E-state index contributed by atoms with van der Waals surface area (Å²) in [4.78, 5) is 56.7. The molecule has 0 unspecified atom stereocenters. The summed E-state index contributed by atoms with van der Waals surface area (Å²) in [6.07, 6.45) is 1.82. The van der Waals surface area contributed by atoms with Gasteiger partial charge in [0.15, 0.2) is 0 Å². The van der Waals surface area contributed by atoms with Gasteiger partial charge in [-0.05, 0) is 38.5 Å². The fraction of sp³-hybridized carbons (Fsp3) is 0.407. The molecule has 13 nitrogen and oxygen atoms in total. The summed E-state index contributed by atoms with van der Waals surface area (Å²) in [6.45, 7) is 2.42. The van der Waals surface area contributed by atoms with Gasteiger partial charge in [-0.15, -0.1) is 4.80 Å². The van der Waals surface area contributed by atoms with Crippen molar-refractivity contribution in [1.82, 2.24) is 29.0 Å². The minimum Gasteiger partial charge on any atom is -0.496 e. The number of rotatable bonds is 9. The van der Waals surface area contributed by atoms with E-state index in [1.165, 1.54) is 61.0 Å². The van der Waals surface area contributed by atoms with Gasteiger partial charge in [-0.1, -0.05) is 11.3 Å². The Morgan fingerprint density at radius 1 is 1.19 bits per heavy atom. The van der Waals surface area contributed by atoms with E-state index < -0.39 is 40.5 Å². The number of aryl methyl sites for hydroxylation is 1. The van der Waals surface area contributed by atoms with E-state index in [9.17, 15) is 28.7 Å². The highest BCUT2D eigenvalue weighted by molar-refractivity contribution is 7.21. The molecule has 4 heterocycles. The molecule has 1 aliphatic heterocycles. The molecular formula is C27H29FN6O7S. The minimum absolute atomic E-state index is 0.0452. The topological polar surface area (TPSA) is 151 Å². The summed E-state index contributed by atoms with van der Waals surface area (Å²) >= 11 is 1.09. The summed E-state index contributed by atoms with van der Waals surface area (Å²) in [5, 5.41) is 18.5. The largest absolute Gasteiger partial charge is 0.496 e. The molecular weight excluding hydrogens is 571 g/mol. The smallest absolute Gasteiger partial charge is 0.333 e. The van der Waals surface area contributed by atoms with Crippen LogP contribution in [0.15, 0.2) is 40.2 Å². The third-order valence-electron chi connectivity index (χ3n) is 7.54. The van der Waals surface area contributed by atoms with Gasteiger partial charge in [0.1, 0.15) is 33.0 Å². The standard InChI is InChI=1S/C27H29FN6O7S/c1-15-21-22(37)33(27(2)8-7-20(36)31(3)25(27)38)26(39)32(24(21)42-23(15)34-29-9-10-30-34)14-19(41-12-11-35)17-13-16(28)5-6-18(17)40-4/h5-6,9-10,13,19,35H,7-8,11-12,14H2,1-4H3/t19-,27+/m0/s1. The number of amides is 2. The van der Waals surface area contributed by atoms with Crippen LogP contribution in [0.2, 0.25) is 0 Å². The van der Waals surface area contributed by atoms with Crippen molar-refractivity contribution >= 4 is 33.4 Å². The molecule has 0 bridgehead atoms. The van der Waals surface area contributed by atoms with Crippen LogP contribution in [0.1, 0.15) is 37.0 Å². The first kappa shape index (κ1) is 29.3. The quantitative estimate of drug-likeness (QED) is 0.282. The van der Waals surface area contributed by atoms with Crippen LogP contribution in [-0.2, 0) is 26.4 Å². The van der Waals surface area contributed by atoms with Gasteiger partial charge in [-0.25, -0.2) is 13.8 Å². The van der Waals surface area contributed by atoms with Gasteiger partial charge in [0.25, 0.3) is 11.5 Å². The number of ether oxygens (including phenoxy) is 2. The number of benzene rings is 1. The molecule has 1 saturated heterocycles. The Morgan fingerprint density at radius 3 is 2.57 bits per heavy atom. The Kier molecular flexibility index (Phi) is 7.83. The number of likely N-dealkylation sites (tertiary alicyclic amines) is 1. The van der Waals surface area contributed by atoms with E-state index >= 15 is 0 Å². The second-order valence-electron chi connectivity index (χ2n) is 10.1. The predicted molar refractivity (Wildman–Crippen MR) is 149 cm³/mol. The number of thiophene rings is 1. The number of aromatic nitrogens is 5. The molecule has 0 spiro atoms. The van der Waals surface area contributed by atoms with Crippen LogP contribution in [0.5, 0.6) is 5.75 Å². The molecule has 5 rings (SSSR count). The summed E-state index contributed by atoms with van der Waals surface area (Å²) in [5.41, 5.74) is -2.43. The average Bonchev–Trinajstić information content (AvgIpc) is 3.62. The fourth-order valence-electron chi connectivity index (χ4n) is 5.31. The van der Waals surface area contributed by atoms with Crippen molar-refractivity contribution in [2.24, 2.45) is 0 Å². The molecule has 42 heavy (non-hydrogen) atoms. The van der Waals surface area contributed by atoms with Crippen molar-refractivity contribution in [2.45, 2.75) is 44.9 Å². The van der Waals surface area contributed by atoms with Crippen molar-refractivity contribution in [2.75, 3.05) is 27.4 Å². The maximum atomic E-state index is 14.4. The van der Waals surface area contributed by atoms with Crippen LogP contribution in [0.25, 0.3) is 15.2 Å². The molecule has 2 amide bonds. The van der Waals surface area contributed by atoms with Gasteiger partial charge >= 0.3 is 5.69 Å². The first-order valence-corrected chi connectivity index (χ1v) is 13.9. The lowest BCUT2D eigenvalue weighted by Gasteiger charge is -2.37. The zero-order chi connectivity index (χ0) is 30.3. The van der Waals surface area contributed by atoms with Crippen molar-refractivity contribution in [3.05, 3.63) is 68.4 Å². The monoisotopic (exact) mass is 600 g/mol. The number of carbonyl (C=O) groups excluding carboxylic acids is 2. The van der Waals surface area contributed by atoms with E-state index in [1.54, 1.807) is 6.92 Å². The third kappa shape index (κ3) is 4.72. The second-order valence-corrected chi connectivity index (χ2v) is 11.0. The number of fused-ring (bicyclic) bond motifs is 1. The number of halogens is 1. The molecule has 3 aromatic heterocycles. The summed E-state index contributed by atoms with van der Waals surface area (Å²) in [7, 11) is 2.72. The lowest BCUT2D eigenvalue weighted by Crippen LogP contribution is -2.61. The van der Waals surface area contributed by atoms with E-state index in [-0.39, 0.29) is 54.1 Å². The Labute approximate surface area is 242 Å². The number of likely N-dealkylation sites (N-methyl/N-ethyl adjacent to an activating group) is 1. The highest BCUT2D eigenvalue weighted by atomic mass is 32.1. The van der Waals surface area contributed by atoms with Crippen LogP contribution >= 0.6 is 11.3 Å². The van der Waals surface area contributed by atoms with E-state index in [4.69, 9.17) is 9.47 Å². The number of aliphatic hydroxyl groups excluding tert-OH is 1. The molecule has 1 aliphatic rings. The molecule has 222 valence electrons. The van der Waals surface area contributed by atoms with Crippen molar-refractivity contribution in [3.63, 3.8) is 0 Å². The third-order valence-corrected chi connectivity index (χ3v) is 8.82. The molecule has 2 atom stereocenters. The number of aliphatic hydroxyl groups is 1. The van der Waals surface area contributed by atoms with Crippen LogP contribution in [0.3, 0.4) is 0 Å². The van der Waals surface area contributed by atoms with Crippen molar-refractivity contribution in [3.8, 4) is 10.8 Å². The van der Waals surface area contributed by atoms with E-state index in [1.807, 2.05) is 0 Å². The van der Waals surface area contributed by atoms with Crippen molar-refractivity contribution < 1.29 is 28.6 Å². The number of imide groups is 1. The number of nitrogens with zero attached hydrogens (tertiary/aromatic N) is 6. The summed E-state index contributed by atoms with van der Waals surface area (Å²) in [5.74, 6) is -1.39. The predicted octanol–water partition coefficient (Wildman–Crippen LogP) is 1.51. The lowest BCUT2D eigenvalue weighted by molar-refractivity contribution is -0.154. The van der Waals surface area contributed by atoms with Crippen molar-refractivity contribution in [1.29, 1.82) is 0 Å². The normalized spacial score (nSPS) is 18.2. The first-order valence-electron chi connectivity index (χ1n) is 13.1. The summed E-state index contributed by atoms with van der Waals surface area (Å²) in [6, 6.07) is 3.85. The molecule has 1 N–H and O–H groups in total. The Morgan fingerprint density at radius 2 is 1.90 bits per heavy atom. The molecule has 0 saturated carbocycles. The molecule has 4 aromatic rings. The Balaban J connectivity index is 1.81. The van der Waals surface area contributed by atoms with Crippen LogP contribution in [0.4, 0.5) is 4.39 Å². The van der Waals surface area contributed by atoms with Gasteiger partial charge in [0.2, 0.25) is 5.91 Å². The number of methoxy groups -OCH3 is 1. The molecule has 1 fully saturated rings. The molecule has 0 aliphatic carbocycles. The fourth-order valence-corrected chi connectivity index (χ4v) is 6.53. The zero-order valence-electron chi connectivity index (χ0n) is 23.4. The number of hydrogen-bond donors (Lipinski definition) is 1. The number of piperidine rings is 1. The maximum Gasteiger partial charge on any atom is 0.333 e. The minimum atomic E-state index is -1.66. The van der Waals surface area contributed by atoms with Gasteiger partial charge in [0, 0.05) is 24.6 Å². The maximum absolute atomic E-state index is 14.4. The van der Waals surface area contributed by atoms with Gasteiger partial charge in [-0.3, -0.25) is 23.9 Å².